The first-order valence-corrected chi connectivity index (χ1v) is 14.5. The molecule has 0 aliphatic carbocycles. The van der Waals surface area contributed by atoms with E-state index in [1.807, 2.05) is 55.6 Å². The Morgan fingerprint density at radius 2 is 1.69 bits per heavy atom. The first-order valence-electron chi connectivity index (χ1n) is 12.3. The molecular formula is C30H33NO2S2. The van der Waals surface area contributed by atoms with Crippen molar-refractivity contribution in [3.8, 4) is 0 Å². The second-order valence-electron chi connectivity index (χ2n) is 8.92. The molecule has 0 spiro atoms. The summed E-state index contributed by atoms with van der Waals surface area (Å²) in [6.07, 6.45) is 9.85. The van der Waals surface area contributed by atoms with Gasteiger partial charge in [-0.1, -0.05) is 79.9 Å². The number of unbranched alkanes of at least 4 members (excludes halogenated alkanes) is 3. The van der Waals surface area contributed by atoms with Crippen LogP contribution in [0, 0.1) is 6.92 Å². The number of hydrogen-bond donors (Lipinski definition) is 0. The van der Waals surface area contributed by atoms with Crippen molar-refractivity contribution < 1.29 is 8.42 Å². The molecule has 182 valence electrons. The summed E-state index contributed by atoms with van der Waals surface area (Å²) in [7, 11) is -3.72. The van der Waals surface area contributed by atoms with Crippen LogP contribution in [-0.4, -0.2) is 12.4 Å². The van der Waals surface area contributed by atoms with Gasteiger partial charge >= 0.3 is 0 Å². The molecule has 3 nitrogen and oxygen atoms in total. The van der Waals surface area contributed by atoms with Crippen molar-refractivity contribution in [3.05, 3.63) is 102 Å². The minimum Gasteiger partial charge on any atom is -0.241 e. The second kappa shape index (κ2) is 11.3. The van der Waals surface area contributed by atoms with Crippen molar-refractivity contribution in [2.75, 3.05) is 0 Å². The van der Waals surface area contributed by atoms with Gasteiger partial charge in [0.2, 0.25) is 0 Å². The van der Waals surface area contributed by atoms with Crippen molar-refractivity contribution >= 4 is 32.7 Å². The number of fused-ring (bicyclic) bond motifs is 1. The first-order chi connectivity index (χ1) is 17.0. The molecule has 5 heteroatoms. The van der Waals surface area contributed by atoms with Gasteiger partial charge in [-0.3, -0.25) is 0 Å². The van der Waals surface area contributed by atoms with Crippen LogP contribution in [0.2, 0.25) is 0 Å². The highest BCUT2D eigenvalue weighted by atomic mass is 32.2. The zero-order chi connectivity index (χ0) is 24.8. The molecule has 4 aromatic rings. The third-order valence-corrected chi connectivity index (χ3v) is 9.07. The molecule has 1 aromatic heterocycles. The lowest BCUT2D eigenvalue weighted by Gasteiger charge is -2.13. The van der Waals surface area contributed by atoms with Crippen LogP contribution >= 0.6 is 11.8 Å². The van der Waals surface area contributed by atoms with E-state index in [1.165, 1.54) is 16.8 Å². The maximum atomic E-state index is 13.7. The molecule has 35 heavy (non-hydrogen) atoms. The Labute approximate surface area is 213 Å². The number of benzene rings is 3. The molecule has 0 aliphatic heterocycles. The van der Waals surface area contributed by atoms with Gasteiger partial charge in [-0.05, 0) is 73.7 Å². The topological polar surface area (TPSA) is 39.1 Å². The largest absolute Gasteiger partial charge is 0.268 e. The molecule has 0 N–H and O–H groups in total. The Morgan fingerprint density at radius 1 is 0.943 bits per heavy atom. The summed E-state index contributed by atoms with van der Waals surface area (Å²) in [6, 6.07) is 21.4. The van der Waals surface area contributed by atoms with E-state index < -0.39 is 10.0 Å². The van der Waals surface area contributed by atoms with Gasteiger partial charge in [-0.2, -0.15) is 0 Å². The number of aromatic nitrogens is 1. The predicted molar refractivity (Wildman–Crippen MR) is 148 cm³/mol. The summed E-state index contributed by atoms with van der Waals surface area (Å²) in [4.78, 5) is 2.61. The van der Waals surface area contributed by atoms with Gasteiger partial charge < -0.3 is 0 Å². The zero-order valence-electron chi connectivity index (χ0n) is 20.5. The maximum absolute atomic E-state index is 13.7. The lowest BCUT2D eigenvalue weighted by Crippen LogP contribution is -2.12. The van der Waals surface area contributed by atoms with Crippen molar-refractivity contribution in [1.82, 2.24) is 3.97 Å². The van der Waals surface area contributed by atoms with Crippen LogP contribution < -0.4 is 0 Å². The molecule has 0 unspecified atom stereocenters. The summed E-state index contributed by atoms with van der Waals surface area (Å²) in [5, 5.41) is 1.05. The molecule has 0 saturated carbocycles. The summed E-state index contributed by atoms with van der Waals surface area (Å²) in [5.41, 5.74) is 4.02. The maximum Gasteiger partial charge on any atom is 0.268 e. The fourth-order valence-corrected chi connectivity index (χ4v) is 6.82. The predicted octanol–water partition coefficient (Wildman–Crippen LogP) is 8.19. The van der Waals surface area contributed by atoms with Crippen LogP contribution in [0.1, 0.15) is 49.3 Å². The molecule has 3 aromatic carbocycles. The van der Waals surface area contributed by atoms with Gasteiger partial charge in [-0.15, -0.1) is 6.58 Å². The summed E-state index contributed by atoms with van der Waals surface area (Å²) < 4.78 is 29.0. The summed E-state index contributed by atoms with van der Waals surface area (Å²) in [6.45, 7) is 8.17. The third-order valence-electron chi connectivity index (χ3n) is 6.28. The van der Waals surface area contributed by atoms with E-state index >= 15 is 0 Å². The van der Waals surface area contributed by atoms with Crippen LogP contribution in [-0.2, 0) is 22.9 Å². The molecule has 0 saturated heterocycles. The molecular weight excluding hydrogens is 470 g/mol. The van der Waals surface area contributed by atoms with Crippen LogP contribution in [0.5, 0.6) is 0 Å². The fourth-order valence-electron chi connectivity index (χ4n) is 4.45. The highest BCUT2D eigenvalue weighted by Crippen LogP contribution is 2.38. The smallest absolute Gasteiger partial charge is 0.241 e. The lowest BCUT2D eigenvalue weighted by molar-refractivity contribution is 0.589. The van der Waals surface area contributed by atoms with E-state index in [2.05, 4.69) is 31.7 Å². The summed E-state index contributed by atoms with van der Waals surface area (Å²) in [5.74, 6) is 0. The number of rotatable bonds is 11. The zero-order valence-corrected chi connectivity index (χ0v) is 22.2. The van der Waals surface area contributed by atoms with Crippen LogP contribution in [0.3, 0.4) is 0 Å². The van der Waals surface area contributed by atoms with Crippen LogP contribution in [0.15, 0.2) is 100 Å². The molecule has 1 heterocycles. The molecule has 0 bridgehead atoms. The quantitative estimate of drug-likeness (QED) is 0.153. The average molecular weight is 504 g/mol. The van der Waals surface area contributed by atoms with Crippen molar-refractivity contribution in [2.45, 2.75) is 67.1 Å². The van der Waals surface area contributed by atoms with Gasteiger partial charge in [0.25, 0.3) is 10.0 Å². The molecule has 0 radical (unpaired) electrons. The van der Waals surface area contributed by atoms with E-state index in [-0.39, 0.29) is 0 Å². The van der Waals surface area contributed by atoms with Crippen LogP contribution in [0.25, 0.3) is 10.9 Å². The first kappa shape index (κ1) is 25.3. The molecule has 0 amide bonds. The van der Waals surface area contributed by atoms with E-state index in [0.29, 0.717) is 11.3 Å². The van der Waals surface area contributed by atoms with Crippen molar-refractivity contribution in [3.63, 3.8) is 0 Å². The molecule has 4 rings (SSSR count). The number of nitrogens with zero attached hydrogens (tertiary/aromatic N) is 1. The number of aryl methyl sites for hydroxylation is 2. The lowest BCUT2D eigenvalue weighted by atomic mass is 10.00. The Hall–Kier alpha value is -2.76. The number of hydrogen-bond acceptors (Lipinski definition) is 3. The van der Waals surface area contributed by atoms with Gasteiger partial charge in [0.15, 0.2) is 0 Å². The van der Waals surface area contributed by atoms with Gasteiger partial charge in [0.05, 0.1) is 10.4 Å². The average Bonchev–Trinajstić information content (AvgIpc) is 3.24. The minimum atomic E-state index is -3.72. The standard InChI is InChI=1S/C30H33NO2S2/c1-4-6-7-9-13-24-22-31(35(32,33)26-18-16-23(3)17-19-26)28-20-21-29(27(12-5-2)30(24)28)34-25-14-10-8-11-15-25/h5,8,10-11,14-22H,2,4,6-7,9,12-13H2,1,3H3. The highest BCUT2D eigenvalue weighted by Gasteiger charge is 2.23. The third kappa shape index (κ3) is 5.57. The molecule has 0 fully saturated rings. The molecule has 0 atom stereocenters. The van der Waals surface area contributed by atoms with E-state index in [9.17, 15) is 8.42 Å². The molecule has 0 aliphatic rings. The normalized spacial score (nSPS) is 11.7. The Bertz CT molecular complexity index is 1400. The van der Waals surface area contributed by atoms with Crippen molar-refractivity contribution in [2.24, 2.45) is 0 Å². The summed E-state index contributed by atoms with van der Waals surface area (Å²) >= 11 is 1.72. The van der Waals surface area contributed by atoms with E-state index in [4.69, 9.17) is 0 Å². The Kier molecular flexibility index (Phi) is 8.19. The van der Waals surface area contributed by atoms with Gasteiger partial charge in [0, 0.05) is 21.4 Å². The second-order valence-corrected chi connectivity index (χ2v) is 11.9. The van der Waals surface area contributed by atoms with Gasteiger partial charge in [0.1, 0.15) is 0 Å². The fraction of sp³-hybridized carbons (Fsp3) is 0.267. The van der Waals surface area contributed by atoms with Crippen LogP contribution in [0.4, 0.5) is 0 Å². The SMILES string of the molecule is C=CCc1c(Sc2ccccc2)ccc2c1c(CCCCCC)cn2S(=O)(=O)c1ccc(C)cc1. The van der Waals surface area contributed by atoms with E-state index in [0.717, 1.165) is 56.6 Å². The monoisotopic (exact) mass is 503 g/mol. The van der Waals surface area contributed by atoms with Crippen molar-refractivity contribution in [1.29, 1.82) is 0 Å². The minimum absolute atomic E-state index is 0.311. The Morgan fingerprint density at radius 3 is 2.37 bits per heavy atom. The number of allylic oxidation sites excluding steroid dienone is 1. The van der Waals surface area contributed by atoms with E-state index in [1.54, 1.807) is 23.9 Å². The Balaban J connectivity index is 1.88. The van der Waals surface area contributed by atoms with Gasteiger partial charge in [-0.25, -0.2) is 12.4 Å². The highest BCUT2D eigenvalue weighted by molar-refractivity contribution is 7.99.